The van der Waals surface area contributed by atoms with Crippen LogP contribution in [-0.4, -0.2) is 23.6 Å². The fourth-order valence-corrected chi connectivity index (χ4v) is 3.99. The lowest BCUT2D eigenvalue weighted by molar-refractivity contribution is -0.190. The third-order valence-electron chi connectivity index (χ3n) is 6.00. The van der Waals surface area contributed by atoms with Crippen LogP contribution in [0.25, 0.3) is 0 Å². The summed E-state index contributed by atoms with van der Waals surface area (Å²) >= 11 is 6.06. The Hall–Kier alpha value is -2.08. The van der Waals surface area contributed by atoms with Gasteiger partial charge in [0.1, 0.15) is 0 Å². The number of hydrogen-bond acceptors (Lipinski definition) is 2. The fourth-order valence-electron chi connectivity index (χ4n) is 3.77. The summed E-state index contributed by atoms with van der Waals surface area (Å²) in [6.07, 6.45) is -0.116. The number of amides is 1. The van der Waals surface area contributed by atoms with E-state index < -0.39 is 17.5 Å². The highest BCUT2D eigenvalue weighted by Gasteiger charge is 2.63. The molecule has 1 amide bonds. The number of rotatable bonds is 7. The standard InChI is InChI=1S/C22H22ClF3N2O/c23-18-4-2-1-3-17(18)20(29)28-13-16(11-21(9-10-21)22(24,25)26)15-7-8-19(27-12-15)14-5-6-14/h1-4,7-8,12,14,16H,5-6,9-11,13H2,(H,28,29). The lowest BCUT2D eigenvalue weighted by atomic mass is 9.86. The molecule has 1 unspecified atom stereocenters. The van der Waals surface area contributed by atoms with Crippen LogP contribution in [0.5, 0.6) is 0 Å². The Morgan fingerprint density at radius 1 is 1.21 bits per heavy atom. The van der Waals surface area contributed by atoms with E-state index in [4.69, 9.17) is 11.6 Å². The Morgan fingerprint density at radius 3 is 2.48 bits per heavy atom. The SMILES string of the molecule is O=C(NCC(CC1(C(F)(F)F)CC1)c1ccc(C2CC2)nc1)c1ccccc1Cl. The Labute approximate surface area is 172 Å². The molecule has 2 aliphatic rings. The molecule has 1 aromatic heterocycles. The van der Waals surface area contributed by atoms with Crippen LogP contribution in [0.1, 0.15) is 65.6 Å². The average molecular weight is 423 g/mol. The quantitative estimate of drug-likeness (QED) is 0.607. The first-order valence-electron chi connectivity index (χ1n) is 9.84. The Bertz CT molecular complexity index is 890. The first kappa shape index (κ1) is 20.2. The molecule has 1 atom stereocenters. The third kappa shape index (κ3) is 4.42. The molecule has 0 saturated heterocycles. The summed E-state index contributed by atoms with van der Waals surface area (Å²) in [6, 6.07) is 10.4. The molecular formula is C22H22ClF3N2O. The summed E-state index contributed by atoms with van der Waals surface area (Å²) in [6.45, 7) is 0.104. The van der Waals surface area contributed by atoms with Crippen molar-refractivity contribution in [2.24, 2.45) is 5.41 Å². The van der Waals surface area contributed by atoms with Crippen molar-refractivity contribution in [3.05, 3.63) is 64.4 Å². The van der Waals surface area contributed by atoms with Crippen LogP contribution in [0.15, 0.2) is 42.6 Å². The number of carbonyl (C=O) groups excluding carboxylic acids is 1. The monoisotopic (exact) mass is 422 g/mol. The number of pyridine rings is 1. The molecule has 1 heterocycles. The molecule has 4 rings (SSSR count). The van der Waals surface area contributed by atoms with Gasteiger partial charge in [-0.15, -0.1) is 0 Å². The van der Waals surface area contributed by atoms with Crippen LogP contribution in [0, 0.1) is 5.41 Å². The second kappa shape index (κ2) is 7.63. The minimum Gasteiger partial charge on any atom is -0.351 e. The number of nitrogens with one attached hydrogen (secondary N) is 1. The number of nitrogens with zero attached hydrogens (tertiary/aromatic N) is 1. The van der Waals surface area contributed by atoms with Gasteiger partial charge in [0.15, 0.2) is 0 Å². The summed E-state index contributed by atoms with van der Waals surface area (Å²) in [5.41, 5.74) is 0.378. The van der Waals surface area contributed by atoms with Crippen LogP contribution >= 0.6 is 11.6 Å². The van der Waals surface area contributed by atoms with Crippen LogP contribution in [-0.2, 0) is 0 Å². The van der Waals surface area contributed by atoms with Crippen molar-refractivity contribution in [3.63, 3.8) is 0 Å². The molecule has 154 valence electrons. The molecular weight excluding hydrogens is 401 g/mol. The van der Waals surface area contributed by atoms with Crippen molar-refractivity contribution in [1.82, 2.24) is 10.3 Å². The second-order valence-corrected chi connectivity index (χ2v) is 8.57. The minimum absolute atomic E-state index is 0.0518. The van der Waals surface area contributed by atoms with E-state index in [0.717, 1.165) is 24.1 Å². The summed E-state index contributed by atoms with van der Waals surface area (Å²) in [7, 11) is 0. The van der Waals surface area contributed by atoms with Crippen LogP contribution in [0.3, 0.4) is 0 Å². The van der Waals surface area contributed by atoms with Crippen LogP contribution in [0.2, 0.25) is 5.02 Å². The van der Waals surface area contributed by atoms with Crippen molar-refractivity contribution in [2.45, 2.75) is 50.1 Å². The molecule has 0 bridgehead atoms. The van der Waals surface area contributed by atoms with Gasteiger partial charge in [-0.2, -0.15) is 13.2 Å². The van der Waals surface area contributed by atoms with E-state index in [2.05, 4.69) is 10.3 Å². The molecule has 1 N–H and O–H groups in total. The number of halogens is 4. The van der Waals surface area contributed by atoms with Gasteiger partial charge in [0, 0.05) is 30.3 Å². The Balaban J connectivity index is 1.51. The normalized spacial score (nSPS) is 18.9. The zero-order valence-electron chi connectivity index (χ0n) is 15.8. The number of hydrogen-bond donors (Lipinski definition) is 1. The topological polar surface area (TPSA) is 42.0 Å². The largest absolute Gasteiger partial charge is 0.394 e. The van der Waals surface area contributed by atoms with Crippen LogP contribution < -0.4 is 5.32 Å². The molecule has 3 nitrogen and oxygen atoms in total. The summed E-state index contributed by atoms with van der Waals surface area (Å²) in [4.78, 5) is 17.0. The number of benzene rings is 1. The van der Waals surface area contributed by atoms with Gasteiger partial charge in [0.25, 0.3) is 5.91 Å². The first-order chi connectivity index (χ1) is 13.8. The molecule has 7 heteroatoms. The Kier molecular flexibility index (Phi) is 5.32. The van der Waals surface area contributed by atoms with Crippen LogP contribution in [0.4, 0.5) is 13.2 Å². The van der Waals surface area contributed by atoms with Gasteiger partial charge in [-0.05, 0) is 55.9 Å². The van der Waals surface area contributed by atoms with Gasteiger partial charge < -0.3 is 5.32 Å². The molecule has 2 aromatic rings. The second-order valence-electron chi connectivity index (χ2n) is 8.16. The molecule has 0 spiro atoms. The molecule has 1 aromatic carbocycles. The Morgan fingerprint density at radius 2 is 1.93 bits per heavy atom. The van der Waals surface area contributed by atoms with Crippen molar-refractivity contribution < 1.29 is 18.0 Å². The molecule has 0 aliphatic heterocycles. The summed E-state index contributed by atoms with van der Waals surface area (Å²) < 4.78 is 40.6. The maximum Gasteiger partial charge on any atom is 0.394 e. The van der Waals surface area contributed by atoms with Gasteiger partial charge in [0.05, 0.1) is 16.0 Å². The van der Waals surface area contributed by atoms with E-state index in [1.807, 2.05) is 12.1 Å². The average Bonchev–Trinajstić information content (AvgIpc) is 3.59. The van der Waals surface area contributed by atoms with Gasteiger partial charge >= 0.3 is 6.18 Å². The lowest BCUT2D eigenvalue weighted by Gasteiger charge is -2.26. The third-order valence-corrected chi connectivity index (χ3v) is 6.33. The highest BCUT2D eigenvalue weighted by atomic mass is 35.5. The predicted octanol–water partition coefficient (Wildman–Crippen LogP) is 5.86. The molecule has 2 fully saturated rings. The first-order valence-corrected chi connectivity index (χ1v) is 10.2. The minimum atomic E-state index is -4.24. The molecule has 2 aliphatic carbocycles. The van der Waals surface area contributed by atoms with Crippen molar-refractivity contribution in [1.29, 1.82) is 0 Å². The zero-order valence-corrected chi connectivity index (χ0v) is 16.6. The van der Waals surface area contributed by atoms with E-state index in [1.165, 1.54) is 0 Å². The highest BCUT2D eigenvalue weighted by Crippen LogP contribution is 2.62. The maximum absolute atomic E-state index is 13.5. The summed E-state index contributed by atoms with van der Waals surface area (Å²) in [5.74, 6) is -0.376. The van der Waals surface area contributed by atoms with E-state index in [9.17, 15) is 18.0 Å². The highest BCUT2D eigenvalue weighted by molar-refractivity contribution is 6.33. The smallest absolute Gasteiger partial charge is 0.351 e. The predicted molar refractivity (Wildman–Crippen MR) is 105 cm³/mol. The summed E-state index contributed by atoms with van der Waals surface area (Å²) in [5, 5.41) is 3.08. The van der Waals surface area contributed by atoms with E-state index in [0.29, 0.717) is 16.5 Å². The van der Waals surface area contributed by atoms with Crippen molar-refractivity contribution in [3.8, 4) is 0 Å². The van der Waals surface area contributed by atoms with E-state index >= 15 is 0 Å². The van der Waals surface area contributed by atoms with Crippen molar-refractivity contribution >= 4 is 17.5 Å². The lowest BCUT2D eigenvalue weighted by Crippen LogP contribution is -2.33. The van der Waals surface area contributed by atoms with Gasteiger partial charge in [0.2, 0.25) is 0 Å². The van der Waals surface area contributed by atoms with Gasteiger partial charge in [-0.25, -0.2) is 0 Å². The molecule has 2 saturated carbocycles. The van der Waals surface area contributed by atoms with Gasteiger partial charge in [-0.1, -0.05) is 29.8 Å². The molecule has 29 heavy (non-hydrogen) atoms. The van der Waals surface area contributed by atoms with Crippen molar-refractivity contribution in [2.75, 3.05) is 6.54 Å². The number of aromatic nitrogens is 1. The number of alkyl halides is 3. The zero-order chi connectivity index (χ0) is 20.6. The number of carbonyl (C=O) groups is 1. The fraction of sp³-hybridized carbons (Fsp3) is 0.455. The van der Waals surface area contributed by atoms with E-state index in [-0.39, 0.29) is 31.7 Å². The molecule has 0 radical (unpaired) electrons. The van der Waals surface area contributed by atoms with Gasteiger partial charge in [-0.3, -0.25) is 9.78 Å². The van der Waals surface area contributed by atoms with E-state index in [1.54, 1.807) is 30.5 Å². The maximum atomic E-state index is 13.5.